The number of ether oxygens (including phenoxy) is 1. The van der Waals surface area contributed by atoms with Gasteiger partial charge in [0.15, 0.2) is 5.69 Å². The van der Waals surface area contributed by atoms with Crippen molar-refractivity contribution in [3.63, 3.8) is 0 Å². The third kappa shape index (κ3) is 2.59. The lowest BCUT2D eigenvalue weighted by molar-refractivity contribution is 0.0520. The monoisotopic (exact) mass is 240 g/mol. The zero-order valence-corrected chi connectivity index (χ0v) is 10.2. The minimum Gasteiger partial charge on any atom is -0.461 e. The number of esters is 1. The second-order valence-electron chi connectivity index (χ2n) is 3.79. The molecule has 0 amide bonds. The van der Waals surface area contributed by atoms with Crippen LogP contribution in [0, 0.1) is 0 Å². The first-order valence-electron chi connectivity index (χ1n) is 5.67. The molecule has 88 valence electrons. The van der Waals surface area contributed by atoms with Crippen LogP contribution in [0.15, 0.2) is 5.38 Å². The molecule has 1 fully saturated rings. The Balaban J connectivity index is 2.03. The van der Waals surface area contributed by atoms with Gasteiger partial charge in [0.2, 0.25) is 0 Å². The van der Waals surface area contributed by atoms with Gasteiger partial charge in [0, 0.05) is 5.38 Å². The fourth-order valence-corrected chi connectivity index (χ4v) is 2.71. The van der Waals surface area contributed by atoms with Crippen LogP contribution in [0.2, 0.25) is 0 Å². The van der Waals surface area contributed by atoms with E-state index in [1.165, 1.54) is 24.2 Å². The van der Waals surface area contributed by atoms with Gasteiger partial charge < -0.3 is 10.1 Å². The minimum atomic E-state index is -0.319. The molecule has 1 aromatic rings. The second kappa shape index (κ2) is 5.41. The van der Waals surface area contributed by atoms with E-state index in [0.29, 0.717) is 18.3 Å². The van der Waals surface area contributed by atoms with Crippen LogP contribution in [0.1, 0.15) is 47.7 Å². The molecule has 0 unspecified atom stereocenters. The van der Waals surface area contributed by atoms with Crippen molar-refractivity contribution in [3.8, 4) is 0 Å². The van der Waals surface area contributed by atoms with Crippen LogP contribution in [0.4, 0.5) is 0 Å². The van der Waals surface area contributed by atoms with Gasteiger partial charge in [0.1, 0.15) is 5.01 Å². The number of rotatable bonds is 3. The lowest BCUT2D eigenvalue weighted by atomic mass is 10.1. The molecular formula is C11H16N2O2S. The Labute approximate surface area is 99.0 Å². The highest BCUT2D eigenvalue weighted by atomic mass is 32.1. The highest BCUT2D eigenvalue weighted by Crippen LogP contribution is 2.25. The average Bonchev–Trinajstić information content (AvgIpc) is 2.80. The van der Waals surface area contributed by atoms with Crippen molar-refractivity contribution in [2.45, 2.75) is 32.2 Å². The molecule has 1 atom stereocenters. The summed E-state index contributed by atoms with van der Waals surface area (Å²) in [4.78, 5) is 15.8. The van der Waals surface area contributed by atoms with Gasteiger partial charge in [-0.3, -0.25) is 0 Å². The van der Waals surface area contributed by atoms with Crippen molar-refractivity contribution in [2.75, 3.05) is 13.2 Å². The topological polar surface area (TPSA) is 51.2 Å². The molecular weight excluding hydrogens is 224 g/mol. The second-order valence-corrected chi connectivity index (χ2v) is 4.68. The lowest BCUT2D eigenvalue weighted by Crippen LogP contribution is -2.26. The van der Waals surface area contributed by atoms with Gasteiger partial charge in [-0.2, -0.15) is 0 Å². The van der Waals surface area contributed by atoms with Crippen molar-refractivity contribution in [2.24, 2.45) is 0 Å². The first-order chi connectivity index (χ1) is 7.81. The quantitative estimate of drug-likeness (QED) is 0.822. The minimum absolute atomic E-state index is 0.319. The molecule has 16 heavy (non-hydrogen) atoms. The Bertz CT molecular complexity index is 359. The first-order valence-corrected chi connectivity index (χ1v) is 6.55. The summed E-state index contributed by atoms with van der Waals surface area (Å²) < 4.78 is 4.91. The zero-order valence-electron chi connectivity index (χ0n) is 9.36. The third-order valence-electron chi connectivity index (χ3n) is 2.61. The van der Waals surface area contributed by atoms with Crippen molar-refractivity contribution < 1.29 is 9.53 Å². The largest absolute Gasteiger partial charge is 0.461 e. The van der Waals surface area contributed by atoms with Gasteiger partial charge in [-0.05, 0) is 26.3 Å². The number of thiazole rings is 1. The molecule has 0 spiro atoms. The van der Waals surface area contributed by atoms with Gasteiger partial charge in [-0.1, -0.05) is 6.42 Å². The standard InChI is InChI=1S/C11H16N2O2S/c1-2-15-11(14)9-7-16-10(13-9)8-5-3-4-6-12-8/h7-8,12H,2-6H2,1H3/t8-/m1/s1. The number of nitrogens with zero attached hydrogens (tertiary/aromatic N) is 1. The SMILES string of the molecule is CCOC(=O)c1csc([C@H]2CCCCN2)n1. The van der Waals surface area contributed by atoms with Gasteiger partial charge in [0.05, 0.1) is 12.6 Å². The van der Waals surface area contributed by atoms with Crippen LogP contribution in [0.5, 0.6) is 0 Å². The van der Waals surface area contributed by atoms with Gasteiger partial charge in [0.25, 0.3) is 0 Å². The normalized spacial score (nSPS) is 20.7. The van der Waals surface area contributed by atoms with Crippen LogP contribution >= 0.6 is 11.3 Å². The summed E-state index contributed by atoms with van der Waals surface area (Å²) in [6.07, 6.45) is 3.56. The summed E-state index contributed by atoms with van der Waals surface area (Å²) in [7, 11) is 0. The summed E-state index contributed by atoms with van der Waals surface area (Å²) >= 11 is 1.54. The number of nitrogens with one attached hydrogen (secondary N) is 1. The first kappa shape index (κ1) is 11.5. The molecule has 0 radical (unpaired) electrons. The van der Waals surface area contributed by atoms with Crippen molar-refractivity contribution in [3.05, 3.63) is 16.1 Å². The van der Waals surface area contributed by atoms with E-state index in [-0.39, 0.29) is 5.97 Å². The lowest BCUT2D eigenvalue weighted by Gasteiger charge is -2.21. The molecule has 5 heteroatoms. The van der Waals surface area contributed by atoms with E-state index in [4.69, 9.17) is 4.74 Å². The number of carbonyl (C=O) groups is 1. The molecule has 0 saturated carbocycles. The number of hydrogen-bond acceptors (Lipinski definition) is 5. The molecule has 0 bridgehead atoms. The van der Waals surface area contributed by atoms with Crippen LogP contribution < -0.4 is 5.32 Å². The van der Waals surface area contributed by atoms with Gasteiger partial charge in [-0.25, -0.2) is 9.78 Å². The van der Waals surface area contributed by atoms with Crippen LogP contribution in [0.3, 0.4) is 0 Å². The van der Waals surface area contributed by atoms with E-state index in [1.54, 1.807) is 12.3 Å². The maximum absolute atomic E-state index is 11.4. The molecule has 2 heterocycles. The van der Waals surface area contributed by atoms with E-state index in [0.717, 1.165) is 18.0 Å². The van der Waals surface area contributed by atoms with Crippen LogP contribution in [-0.2, 0) is 4.74 Å². The van der Waals surface area contributed by atoms with Crippen molar-refractivity contribution >= 4 is 17.3 Å². The molecule has 4 nitrogen and oxygen atoms in total. The fraction of sp³-hybridized carbons (Fsp3) is 0.636. The summed E-state index contributed by atoms with van der Waals surface area (Å²) in [5.41, 5.74) is 0.439. The Morgan fingerprint density at radius 2 is 2.56 bits per heavy atom. The molecule has 1 saturated heterocycles. The number of hydrogen-bond donors (Lipinski definition) is 1. The average molecular weight is 240 g/mol. The Morgan fingerprint density at radius 1 is 1.69 bits per heavy atom. The third-order valence-corrected chi connectivity index (χ3v) is 3.57. The van der Waals surface area contributed by atoms with Gasteiger partial charge >= 0.3 is 5.97 Å². The highest BCUT2D eigenvalue weighted by molar-refractivity contribution is 7.09. The summed E-state index contributed by atoms with van der Waals surface area (Å²) in [5.74, 6) is -0.319. The Kier molecular flexibility index (Phi) is 3.90. The van der Waals surface area contributed by atoms with Crippen LogP contribution in [0.25, 0.3) is 0 Å². The fourth-order valence-electron chi connectivity index (χ4n) is 1.81. The van der Waals surface area contributed by atoms with E-state index >= 15 is 0 Å². The number of piperidine rings is 1. The smallest absolute Gasteiger partial charge is 0.357 e. The number of carbonyl (C=O) groups excluding carboxylic acids is 1. The van der Waals surface area contributed by atoms with E-state index in [2.05, 4.69) is 10.3 Å². The van der Waals surface area contributed by atoms with Gasteiger partial charge in [-0.15, -0.1) is 11.3 Å². The number of aromatic nitrogens is 1. The Morgan fingerprint density at radius 3 is 3.25 bits per heavy atom. The van der Waals surface area contributed by atoms with Crippen molar-refractivity contribution in [1.82, 2.24) is 10.3 Å². The predicted molar refractivity (Wildman–Crippen MR) is 62.7 cm³/mol. The zero-order chi connectivity index (χ0) is 11.4. The van der Waals surface area contributed by atoms with Crippen LogP contribution in [-0.4, -0.2) is 24.1 Å². The van der Waals surface area contributed by atoms with Crippen molar-refractivity contribution in [1.29, 1.82) is 0 Å². The van der Waals surface area contributed by atoms with E-state index < -0.39 is 0 Å². The van der Waals surface area contributed by atoms with E-state index in [1.807, 2.05) is 0 Å². The molecule has 0 aromatic carbocycles. The summed E-state index contributed by atoms with van der Waals surface area (Å²) in [6.45, 7) is 3.24. The highest BCUT2D eigenvalue weighted by Gasteiger charge is 2.20. The molecule has 1 aliphatic heterocycles. The maximum Gasteiger partial charge on any atom is 0.357 e. The summed E-state index contributed by atoms with van der Waals surface area (Å²) in [6, 6.07) is 0.321. The molecule has 1 aliphatic rings. The molecule has 1 aromatic heterocycles. The Hall–Kier alpha value is -0.940. The molecule has 0 aliphatic carbocycles. The predicted octanol–water partition coefficient (Wildman–Crippen LogP) is 2.13. The molecule has 1 N–H and O–H groups in total. The van der Waals surface area contributed by atoms with E-state index in [9.17, 15) is 4.79 Å². The maximum atomic E-state index is 11.4. The summed E-state index contributed by atoms with van der Waals surface area (Å²) in [5, 5.41) is 6.20. The molecule has 2 rings (SSSR count).